The molecular weight excluding hydrogens is 422 g/mol. The molecule has 33 heavy (non-hydrogen) atoms. The molecule has 2 aliphatic heterocycles. The number of benzene rings is 2. The number of piperazine rings is 1. The number of pyridine rings is 1. The van der Waals surface area contributed by atoms with E-state index in [4.69, 9.17) is 14.7 Å². The second-order valence-electron chi connectivity index (χ2n) is 7.89. The largest absolute Gasteiger partial charge is 0.495 e. The highest BCUT2D eigenvalue weighted by atomic mass is 16.5. The average molecular weight is 447 g/mol. The molecule has 3 heterocycles. The summed E-state index contributed by atoms with van der Waals surface area (Å²) in [5.41, 5.74) is 4.67. The number of fused-ring (bicyclic) bond motifs is 1. The van der Waals surface area contributed by atoms with Gasteiger partial charge in [-0.15, -0.1) is 0 Å². The first kappa shape index (κ1) is 20.9. The van der Waals surface area contributed by atoms with Crippen molar-refractivity contribution in [2.75, 3.05) is 48.4 Å². The molecule has 9 nitrogen and oxygen atoms in total. The van der Waals surface area contributed by atoms with Crippen LogP contribution in [-0.4, -0.2) is 49.4 Å². The second-order valence-corrected chi connectivity index (χ2v) is 7.89. The molecule has 9 heteroatoms. The molecule has 3 aromatic rings. The number of carbonyl (C=O) groups is 1. The summed E-state index contributed by atoms with van der Waals surface area (Å²) >= 11 is 0. The molecule has 1 atom stereocenters. The number of amides is 1. The summed E-state index contributed by atoms with van der Waals surface area (Å²) in [4.78, 5) is 20.9. The van der Waals surface area contributed by atoms with Crippen LogP contribution in [0.3, 0.4) is 0 Å². The summed E-state index contributed by atoms with van der Waals surface area (Å²) in [5.74, 6) is 1.89. The van der Waals surface area contributed by atoms with Gasteiger partial charge < -0.3 is 24.6 Å². The summed E-state index contributed by atoms with van der Waals surface area (Å²) in [7, 11) is 1.70. The van der Waals surface area contributed by atoms with E-state index in [1.54, 1.807) is 30.8 Å². The molecule has 0 saturated carbocycles. The molecule has 2 aromatic carbocycles. The average Bonchev–Trinajstić information content (AvgIpc) is 3.32. The van der Waals surface area contributed by atoms with E-state index in [1.165, 1.54) is 0 Å². The molecule has 1 fully saturated rings. The van der Waals surface area contributed by atoms with Gasteiger partial charge in [0.05, 0.1) is 18.5 Å². The normalized spacial score (nSPS) is 17.1. The van der Waals surface area contributed by atoms with E-state index in [9.17, 15) is 4.79 Å². The Morgan fingerprint density at radius 3 is 2.64 bits per heavy atom. The lowest BCUT2D eigenvalue weighted by atomic mass is 10.2. The van der Waals surface area contributed by atoms with Gasteiger partial charge in [-0.1, -0.05) is 12.1 Å². The Bertz CT molecular complexity index is 1150. The zero-order chi connectivity index (χ0) is 22.8. The maximum atomic E-state index is 11.6. The van der Waals surface area contributed by atoms with E-state index in [1.807, 2.05) is 36.5 Å². The van der Waals surface area contributed by atoms with Crippen molar-refractivity contribution in [3.63, 3.8) is 0 Å². The number of hydroxylamine groups is 1. The Labute approximate surface area is 191 Å². The number of carbonyl (C=O) groups excluding carboxylic acids is 1. The molecule has 170 valence electrons. The van der Waals surface area contributed by atoms with Crippen LogP contribution in [0.4, 0.5) is 17.2 Å². The maximum absolute atomic E-state index is 11.6. The van der Waals surface area contributed by atoms with Gasteiger partial charge in [-0.2, -0.15) is 0 Å². The van der Waals surface area contributed by atoms with Gasteiger partial charge in [0, 0.05) is 43.5 Å². The van der Waals surface area contributed by atoms with Crippen LogP contribution in [-0.2, 0) is 0 Å². The Morgan fingerprint density at radius 1 is 1.12 bits per heavy atom. The van der Waals surface area contributed by atoms with E-state index < -0.39 is 12.1 Å². The summed E-state index contributed by atoms with van der Waals surface area (Å²) < 4.78 is 11.5. The van der Waals surface area contributed by atoms with Gasteiger partial charge in [-0.05, 0) is 42.5 Å². The lowest BCUT2D eigenvalue weighted by Gasteiger charge is -2.37. The molecule has 2 aliphatic rings. The van der Waals surface area contributed by atoms with E-state index in [-0.39, 0.29) is 0 Å². The van der Waals surface area contributed by atoms with E-state index in [0.717, 1.165) is 49.0 Å². The van der Waals surface area contributed by atoms with Crippen LogP contribution >= 0.6 is 0 Å². The summed E-state index contributed by atoms with van der Waals surface area (Å²) in [5, 5.41) is 12.1. The van der Waals surface area contributed by atoms with Gasteiger partial charge in [0.2, 0.25) is 0 Å². The molecule has 0 radical (unpaired) electrons. The van der Waals surface area contributed by atoms with Crippen molar-refractivity contribution in [1.29, 1.82) is 0 Å². The van der Waals surface area contributed by atoms with Crippen LogP contribution in [0, 0.1) is 0 Å². The highest BCUT2D eigenvalue weighted by Crippen LogP contribution is 2.38. The van der Waals surface area contributed by atoms with Crippen LogP contribution in [0.5, 0.6) is 11.5 Å². The first-order valence-electron chi connectivity index (χ1n) is 10.8. The smallest absolute Gasteiger partial charge is 0.274 e. The third kappa shape index (κ3) is 4.10. The fraction of sp³-hybridized carbons (Fsp3) is 0.250. The number of hydrogen-bond acceptors (Lipinski definition) is 8. The first-order chi connectivity index (χ1) is 16.2. The van der Waals surface area contributed by atoms with Crippen LogP contribution in [0.15, 0.2) is 60.8 Å². The van der Waals surface area contributed by atoms with Crippen molar-refractivity contribution >= 4 is 23.1 Å². The Balaban J connectivity index is 1.22. The summed E-state index contributed by atoms with van der Waals surface area (Å²) in [6.45, 7) is 3.50. The van der Waals surface area contributed by atoms with Crippen LogP contribution < -0.4 is 30.1 Å². The number of nitrogens with zero attached hydrogens (tertiary/aromatic N) is 3. The Morgan fingerprint density at radius 2 is 1.91 bits per heavy atom. The molecule has 0 spiro atoms. The van der Waals surface area contributed by atoms with Crippen molar-refractivity contribution in [3.05, 3.63) is 71.9 Å². The number of para-hydroxylation sites is 2. The minimum Gasteiger partial charge on any atom is -0.495 e. The van der Waals surface area contributed by atoms with Crippen LogP contribution in [0.1, 0.15) is 22.1 Å². The molecule has 0 bridgehead atoms. The van der Waals surface area contributed by atoms with Crippen molar-refractivity contribution in [1.82, 2.24) is 10.5 Å². The molecular formula is C24H25N5O4. The number of hydrogen-bond donors (Lipinski definition) is 3. The molecule has 1 unspecified atom stereocenters. The molecule has 1 amide bonds. The quantitative estimate of drug-likeness (QED) is 0.406. The number of methoxy groups -OCH3 is 1. The van der Waals surface area contributed by atoms with Crippen molar-refractivity contribution < 1.29 is 19.5 Å². The van der Waals surface area contributed by atoms with Gasteiger partial charge in [0.15, 0.2) is 6.23 Å². The zero-order valence-electron chi connectivity index (χ0n) is 18.2. The van der Waals surface area contributed by atoms with Gasteiger partial charge >= 0.3 is 0 Å². The highest BCUT2D eigenvalue weighted by Gasteiger charge is 2.26. The lowest BCUT2D eigenvalue weighted by molar-refractivity contribution is 0.0706. The Hall–Kier alpha value is -3.98. The van der Waals surface area contributed by atoms with Gasteiger partial charge in [-0.3, -0.25) is 10.0 Å². The topological polar surface area (TPSA) is 99.2 Å². The zero-order valence-corrected chi connectivity index (χ0v) is 18.2. The van der Waals surface area contributed by atoms with Gasteiger partial charge in [0.25, 0.3) is 5.91 Å². The highest BCUT2D eigenvalue weighted by molar-refractivity contribution is 5.95. The molecule has 3 N–H and O–H groups in total. The number of aromatic nitrogens is 1. The fourth-order valence-electron chi connectivity index (χ4n) is 4.21. The summed E-state index contributed by atoms with van der Waals surface area (Å²) in [6, 6.07) is 17.0. The van der Waals surface area contributed by atoms with Gasteiger partial charge in [0.1, 0.15) is 17.3 Å². The van der Waals surface area contributed by atoms with Crippen molar-refractivity contribution in [2.24, 2.45) is 0 Å². The standard InChI is InChI=1S/C24H25N5O4/c1-32-21-5-3-2-4-19(21)28-10-12-29(13-11-28)22-9-7-17(15-25-22)24-26-18-14-16(23(30)27-31)6-8-20(18)33-24/h2-9,14-15,24,26,31H,10-13H2,1H3,(H,27,30). The lowest BCUT2D eigenvalue weighted by Crippen LogP contribution is -2.46. The van der Waals surface area contributed by atoms with E-state index in [2.05, 4.69) is 26.2 Å². The number of anilines is 3. The molecule has 1 saturated heterocycles. The number of nitrogens with one attached hydrogen (secondary N) is 2. The van der Waals surface area contributed by atoms with Crippen molar-refractivity contribution in [2.45, 2.75) is 6.23 Å². The minimum absolute atomic E-state index is 0.341. The first-order valence-corrected chi connectivity index (χ1v) is 10.8. The second kappa shape index (κ2) is 8.87. The van der Waals surface area contributed by atoms with E-state index >= 15 is 0 Å². The summed E-state index contributed by atoms with van der Waals surface area (Å²) in [6.07, 6.45) is 1.42. The third-order valence-corrected chi connectivity index (χ3v) is 5.98. The third-order valence-electron chi connectivity index (χ3n) is 5.98. The van der Waals surface area contributed by atoms with Gasteiger partial charge in [-0.25, -0.2) is 10.5 Å². The van der Waals surface area contributed by atoms with E-state index in [0.29, 0.717) is 17.0 Å². The van der Waals surface area contributed by atoms with Crippen molar-refractivity contribution in [3.8, 4) is 11.5 Å². The number of ether oxygens (including phenoxy) is 2. The number of rotatable bonds is 5. The van der Waals surface area contributed by atoms with Crippen LogP contribution in [0.2, 0.25) is 0 Å². The molecule has 0 aliphatic carbocycles. The van der Waals surface area contributed by atoms with Crippen LogP contribution in [0.25, 0.3) is 0 Å². The minimum atomic E-state index is -0.570. The monoisotopic (exact) mass is 447 g/mol. The predicted octanol–water partition coefficient (Wildman–Crippen LogP) is 3.04. The molecule has 5 rings (SSSR count). The maximum Gasteiger partial charge on any atom is 0.274 e. The predicted molar refractivity (Wildman–Crippen MR) is 124 cm³/mol. The Kier molecular flexibility index (Phi) is 5.62. The molecule has 1 aromatic heterocycles. The SMILES string of the molecule is COc1ccccc1N1CCN(c2ccc(C3Nc4cc(C(=O)NO)ccc4O3)cn2)CC1. The fourth-order valence-corrected chi connectivity index (χ4v) is 4.21.